The van der Waals surface area contributed by atoms with E-state index in [0.717, 1.165) is 13.0 Å². The van der Waals surface area contributed by atoms with Crippen molar-refractivity contribution in [3.8, 4) is 5.75 Å². The van der Waals surface area contributed by atoms with E-state index >= 15 is 0 Å². The number of carbonyl (C=O) groups excluding carboxylic acids is 2. The molecule has 0 aromatic heterocycles. The molecule has 1 aromatic carbocycles. The second kappa shape index (κ2) is 9.04. The second-order valence-corrected chi connectivity index (χ2v) is 5.31. The predicted octanol–water partition coefficient (Wildman–Crippen LogP) is 1.12. The summed E-state index contributed by atoms with van der Waals surface area (Å²) in [7, 11) is 5.54. The Kier molecular flexibility index (Phi) is 7.39. The lowest BCUT2D eigenvalue weighted by Crippen LogP contribution is -2.40. The molecule has 0 aliphatic carbocycles. The van der Waals surface area contributed by atoms with E-state index in [2.05, 4.69) is 10.2 Å². The maximum atomic E-state index is 12.0. The summed E-state index contributed by atoms with van der Waals surface area (Å²) < 4.78 is 5.15. The average molecular weight is 307 g/mol. The Bertz CT molecular complexity index is 503. The highest BCUT2D eigenvalue weighted by Crippen LogP contribution is 2.20. The van der Waals surface area contributed by atoms with Crippen LogP contribution in [0.2, 0.25) is 0 Å². The van der Waals surface area contributed by atoms with Crippen molar-refractivity contribution in [1.29, 1.82) is 0 Å². The van der Waals surface area contributed by atoms with Gasteiger partial charge in [-0.25, -0.2) is 0 Å². The van der Waals surface area contributed by atoms with E-state index in [1.807, 2.05) is 14.1 Å². The Labute approximate surface area is 132 Å². The summed E-state index contributed by atoms with van der Waals surface area (Å²) in [5.74, 6) is 0.295. The first-order chi connectivity index (χ1) is 10.4. The summed E-state index contributed by atoms with van der Waals surface area (Å²) in [5.41, 5.74) is 0.648. The zero-order chi connectivity index (χ0) is 16.5. The van der Waals surface area contributed by atoms with Crippen LogP contribution >= 0.6 is 0 Å². The Hall–Kier alpha value is -2.08. The molecule has 6 heteroatoms. The van der Waals surface area contributed by atoms with Crippen molar-refractivity contribution >= 4 is 17.5 Å². The molecule has 0 radical (unpaired) electrons. The van der Waals surface area contributed by atoms with Crippen LogP contribution in [0.1, 0.15) is 13.3 Å². The number of carbonyl (C=O) groups is 2. The molecule has 1 N–H and O–H groups in total. The summed E-state index contributed by atoms with van der Waals surface area (Å²) in [6.07, 6.45) is 0.873. The minimum absolute atomic E-state index is 0.00443. The standard InChI is InChI=1S/C16H25N3O3/c1-13(20)19(14-7-5-8-15(11-14)22-4)12-16(21)17-9-6-10-18(2)3/h5,7-8,11H,6,9-10,12H2,1-4H3,(H,17,21). The van der Waals surface area contributed by atoms with Gasteiger partial charge in [-0.1, -0.05) is 6.07 Å². The summed E-state index contributed by atoms with van der Waals surface area (Å²) in [6, 6.07) is 7.10. The topological polar surface area (TPSA) is 61.9 Å². The maximum Gasteiger partial charge on any atom is 0.240 e. The van der Waals surface area contributed by atoms with Gasteiger partial charge < -0.3 is 19.9 Å². The molecule has 1 rings (SSSR count). The molecule has 2 amide bonds. The normalized spacial score (nSPS) is 10.4. The summed E-state index contributed by atoms with van der Waals surface area (Å²) in [4.78, 5) is 27.3. The summed E-state index contributed by atoms with van der Waals surface area (Å²) in [6.45, 7) is 2.96. The first-order valence-electron chi connectivity index (χ1n) is 7.27. The largest absolute Gasteiger partial charge is 0.497 e. The third-order valence-corrected chi connectivity index (χ3v) is 3.15. The lowest BCUT2D eigenvalue weighted by molar-refractivity contribution is -0.123. The average Bonchev–Trinajstić information content (AvgIpc) is 2.48. The molecular weight excluding hydrogens is 282 g/mol. The number of benzene rings is 1. The van der Waals surface area contributed by atoms with E-state index in [1.54, 1.807) is 31.4 Å². The zero-order valence-corrected chi connectivity index (χ0v) is 13.8. The van der Waals surface area contributed by atoms with Crippen LogP contribution in [-0.4, -0.2) is 57.6 Å². The smallest absolute Gasteiger partial charge is 0.240 e. The molecule has 0 heterocycles. The first kappa shape index (κ1) is 18.0. The van der Waals surface area contributed by atoms with Gasteiger partial charge >= 0.3 is 0 Å². The molecule has 0 unspecified atom stereocenters. The monoisotopic (exact) mass is 307 g/mol. The van der Waals surface area contributed by atoms with E-state index in [-0.39, 0.29) is 18.4 Å². The van der Waals surface area contributed by atoms with Crippen molar-refractivity contribution in [3.05, 3.63) is 24.3 Å². The molecule has 0 saturated heterocycles. The first-order valence-corrected chi connectivity index (χ1v) is 7.27. The second-order valence-electron chi connectivity index (χ2n) is 5.31. The Morgan fingerprint density at radius 3 is 2.59 bits per heavy atom. The van der Waals surface area contributed by atoms with Crippen LogP contribution in [0.25, 0.3) is 0 Å². The van der Waals surface area contributed by atoms with Crippen LogP contribution in [0.3, 0.4) is 0 Å². The molecule has 6 nitrogen and oxygen atoms in total. The Morgan fingerprint density at radius 2 is 2.00 bits per heavy atom. The number of amides is 2. The van der Waals surface area contributed by atoms with E-state index in [9.17, 15) is 9.59 Å². The minimum Gasteiger partial charge on any atom is -0.497 e. The van der Waals surface area contributed by atoms with Gasteiger partial charge in [0, 0.05) is 25.2 Å². The van der Waals surface area contributed by atoms with Gasteiger partial charge in [-0.3, -0.25) is 9.59 Å². The number of nitrogens with one attached hydrogen (secondary N) is 1. The number of methoxy groups -OCH3 is 1. The van der Waals surface area contributed by atoms with Gasteiger partial charge in [0.15, 0.2) is 0 Å². The third-order valence-electron chi connectivity index (χ3n) is 3.15. The number of rotatable bonds is 8. The lowest BCUT2D eigenvalue weighted by Gasteiger charge is -2.21. The number of hydrogen-bond acceptors (Lipinski definition) is 4. The van der Waals surface area contributed by atoms with Crippen molar-refractivity contribution < 1.29 is 14.3 Å². The van der Waals surface area contributed by atoms with Gasteiger partial charge in [0.25, 0.3) is 0 Å². The maximum absolute atomic E-state index is 12.0. The fourth-order valence-corrected chi connectivity index (χ4v) is 1.99. The van der Waals surface area contributed by atoms with Crippen molar-refractivity contribution in [1.82, 2.24) is 10.2 Å². The van der Waals surface area contributed by atoms with E-state index in [4.69, 9.17) is 4.74 Å². The minimum atomic E-state index is -0.184. The van der Waals surface area contributed by atoms with Crippen LogP contribution in [0, 0.1) is 0 Å². The molecule has 0 saturated carbocycles. The highest BCUT2D eigenvalue weighted by Gasteiger charge is 2.16. The molecule has 0 bridgehead atoms. The highest BCUT2D eigenvalue weighted by atomic mass is 16.5. The molecular formula is C16H25N3O3. The van der Waals surface area contributed by atoms with Gasteiger partial charge in [0.05, 0.1) is 7.11 Å². The predicted molar refractivity (Wildman–Crippen MR) is 87.2 cm³/mol. The molecule has 0 aliphatic rings. The molecule has 122 valence electrons. The van der Waals surface area contributed by atoms with Crippen LogP contribution < -0.4 is 15.0 Å². The van der Waals surface area contributed by atoms with Gasteiger partial charge in [0.2, 0.25) is 11.8 Å². The lowest BCUT2D eigenvalue weighted by atomic mass is 10.2. The van der Waals surface area contributed by atoms with Crippen LogP contribution in [0.15, 0.2) is 24.3 Å². The van der Waals surface area contributed by atoms with Gasteiger partial charge in [-0.15, -0.1) is 0 Å². The fourth-order valence-electron chi connectivity index (χ4n) is 1.99. The Balaban J connectivity index is 2.60. The summed E-state index contributed by atoms with van der Waals surface area (Å²) in [5, 5.41) is 2.83. The van der Waals surface area contributed by atoms with Crippen molar-refractivity contribution in [3.63, 3.8) is 0 Å². The molecule has 0 fully saturated rings. The number of hydrogen-bond donors (Lipinski definition) is 1. The van der Waals surface area contributed by atoms with E-state index in [0.29, 0.717) is 18.0 Å². The van der Waals surface area contributed by atoms with Crippen molar-refractivity contribution in [2.75, 3.05) is 45.7 Å². The molecule has 1 aromatic rings. The van der Waals surface area contributed by atoms with Crippen molar-refractivity contribution in [2.45, 2.75) is 13.3 Å². The van der Waals surface area contributed by atoms with Crippen LogP contribution in [0.4, 0.5) is 5.69 Å². The molecule has 22 heavy (non-hydrogen) atoms. The van der Waals surface area contributed by atoms with Crippen LogP contribution in [0.5, 0.6) is 5.75 Å². The molecule has 0 atom stereocenters. The van der Waals surface area contributed by atoms with Gasteiger partial charge in [0.1, 0.15) is 12.3 Å². The molecule has 0 spiro atoms. The third kappa shape index (κ3) is 6.13. The van der Waals surface area contributed by atoms with E-state index < -0.39 is 0 Å². The summed E-state index contributed by atoms with van der Waals surface area (Å²) >= 11 is 0. The number of nitrogens with zero attached hydrogens (tertiary/aromatic N) is 2. The fraction of sp³-hybridized carbons (Fsp3) is 0.500. The van der Waals surface area contributed by atoms with Crippen LogP contribution in [-0.2, 0) is 9.59 Å². The number of anilines is 1. The van der Waals surface area contributed by atoms with Gasteiger partial charge in [-0.05, 0) is 39.2 Å². The SMILES string of the molecule is COc1cccc(N(CC(=O)NCCCN(C)C)C(C)=O)c1. The van der Waals surface area contributed by atoms with E-state index in [1.165, 1.54) is 11.8 Å². The zero-order valence-electron chi connectivity index (χ0n) is 13.8. The van der Waals surface area contributed by atoms with Crippen molar-refractivity contribution in [2.24, 2.45) is 0 Å². The highest BCUT2D eigenvalue weighted by molar-refractivity contribution is 5.97. The quantitative estimate of drug-likeness (QED) is 0.731. The molecule has 0 aliphatic heterocycles. The number of ether oxygens (including phenoxy) is 1. The Morgan fingerprint density at radius 1 is 1.27 bits per heavy atom. The van der Waals surface area contributed by atoms with Gasteiger partial charge in [-0.2, -0.15) is 0 Å².